The van der Waals surface area contributed by atoms with Gasteiger partial charge in [0.25, 0.3) is 0 Å². The highest BCUT2D eigenvalue weighted by molar-refractivity contribution is 5.50. The van der Waals surface area contributed by atoms with Crippen LogP contribution in [0, 0.1) is 0 Å². The van der Waals surface area contributed by atoms with Gasteiger partial charge in [-0.1, -0.05) is 0 Å². The van der Waals surface area contributed by atoms with Crippen LogP contribution in [0.2, 0.25) is 0 Å². The first-order chi connectivity index (χ1) is 7.34. The van der Waals surface area contributed by atoms with Gasteiger partial charge < -0.3 is 4.90 Å². The molecular weight excluding hydrogens is 188 g/mol. The van der Waals surface area contributed by atoms with E-state index in [-0.39, 0.29) is 0 Å². The third-order valence-electron chi connectivity index (χ3n) is 2.96. The Kier molecular flexibility index (Phi) is 1.95. The summed E-state index contributed by atoms with van der Waals surface area (Å²) in [5, 5.41) is 4.58. The molecule has 2 aromatic rings. The summed E-state index contributed by atoms with van der Waals surface area (Å²) in [7, 11) is 2.15. The van der Waals surface area contributed by atoms with Crippen molar-refractivity contribution in [3.63, 3.8) is 0 Å². The Morgan fingerprint density at radius 2 is 2.33 bits per heavy atom. The van der Waals surface area contributed by atoms with E-state index in [1.165, 1.54) is 17.7 Å². The summed E-state index contributed by atoms with van der Waals surface area (Å²) < 4.78 is 1.89. The molecule has 3 rings (SSSR count). The topological polar surface area (TPSA) is 33.4 Å². The van der Waals surface area contributed by atoms with Crippen molar-refractivity contribution < 1.29 is 0 Å². The van der Waals surface area contributed by atoms with Crippen molar-refractivity contribution in [1.82, 2.24) is 19.5 Å². The van der Waals surface area contributed by atoms with Crippen LogP contribution in [0.15, 0.2) is 18.5 Å². The lowest BCUT2D eigenvalue weighted by molar-refractivity contribution is 0.332. The monoisotopic (exact) mass is 202 g/mol. The second-order valence-electron chi connectivity index (χ2n) is 4.15. The number of aryl methyl sites for hydroxylation is 1. The van der Waals surface area contributed by atoms with Gasteiger partial charge in [0.15, 0.2) is 5.65 Å². The molecule has 0 N–H and O–H groups in total. The van der Waals surface area contributed by atoms with Gasteiger partial charge in [0.05, 0.1) is 5.69 Å². The first-order valence-electron chi connectivity index (χ1n) is 5.34. The summed E-state index contributed by atoms with van der Waals surface area (Å²) in [4.78, 5) is 6.74. The molecule has 4 nitrogen and oxygen atoms in total. The van der Waals surface area contributed by atoms with Gasteiger partial charge in [-0.05, 0) is 32.5 Å². The number of nitrogens with zero attached hydrogens (tertiary/aromatic N) is 4. The minimum absolute atomic E-state index is 0.968. The zero-order valence-electron chi connectivity index (χ0n) is 8.85. The van der Waals surface area contributed by atoms with Crippen molar-refractivity contribution in [3.8, 4) is 0 Å². The molecule has 1 aliphatic heterocycles. The summed E-state index contributed by atoms with van der Waals surface area (Å²) in [6.07, 6.45) is 6.07. The minimum Gasteiger partial charge on any atom is -0.302 e. The van der Waals surface area contributed by atoms with Gasteiger partial charge in [0, 0.05) is 24.5 Å². The van der Waals surface area contributed by atoms with Crippen LogP contribution in [-0.4, -0.2) is 33.1 Å². The number of fused-ring (bicyclic) bond motifs is 3. The molecule has 0 saturated carbocycles. The highest BCUT2D eigenvalue weighted by atomic mass is 15.3. The van der Waals surface area contributed by atoms with Gasteiger partial charge in [-0.25, -0.2) is 9.50 Å². The zero-order chi connectivity index (χ0) is 10.3. The maximum absolute atomic E-state index is 4.58. The molecule has 0 bridgehead atoms. The first kappa shape index (κ1) is 8.85. The third kappa shape index (κ3) is 1.41. The molecule has 4 heteroatoms. The molecule has 0 unspecified atom stereocenters. The quantitative estimate of drug-likeness (QED) is 0.641. The van der Waals surface area contributed by atoms with Gasteiger partial charge in [-0.15, -0.1) is 0 Å². The molecule has 2 aromatic heterocycles. The van der Waals surface area contributed by atoms with E-state index in [0.29, 0.717) is 0 Å². The number of aromatic nitrogens is 3. The minimum atomic E-state index is 0.968. The fraction of sp³-hybridized carbons (Fsp3) is 0.455. The molecule has 0 aromatic carbocycles. The van der Waals surface area contributed by atoms with E-state index in [1.807, 2.05) is 23.0 Å². The Balaban J connectivity index is 2.20. The summed E-state index contributed by atoms with van der Waals surface area (Å²) in [6, 6.07) is 1.92. The Morgan fingerprint density at radius 1 is 1.40 bits per heavy atom. The SMILES string of the molecule is CN1CCCc2nn3cccnc3c2C1. The summed E-state index contributed by atoms with van der Waals surface area (Å²) in [5.41, 5.74) is 3.54. The van der Waals surface area contributed by atoms with Crippen LogP contribution in [0.1, 0.15) is 17.7 Å². The molecule has 0 radical (unpaired) electrons. The van der Waals surface area contributed by atoms with E-state index in [4.69, 9.17) is 0 Å². The average molecular weight is 202 g/mol. The van der Waals surface area contributed by atoms with E-state index in [9.17, 15) is 0 Å². The Hall–Kier alpha value is -1.42. The van der Waals surface area contributed by atoms with Crippen molar-refractivity contribution >= 4 is 5.65 Å². The van der Waals surface area contributed by atoms with E-state index in [0.717, 1.165) is 25.2 Å². The van der Waals surface area contributed by atoms with E-state index < -0.39 is 0 Å². The lowest BCUT2D eigenvalue weighted by atomic mass is 10.2. The van der Waals surface area contributed by atoms with Crippen LogP contribution in [0.4, 0.5) is 0 Å². The predicted molar refractivity (Wildman–Crippen MR) is 57.6 cm³/mol. The Morgan fingerprint density at radius 3 is 3.27 bits per heavy atom. The highest BCUT2D eigenvalue weighted by Crippen LogP contribution is 2.20. The van der Waals surface area contributed by atoms with Gasteiger partial charge in [0.2, 0.25) is 0 Å². The maximum atomic E-state index is 4.58. The van der Waals surface area contributed by atoms with E-state index >= 15 is 0 Å². The van der Waals surface area contributed by atoms with Crippen LogP contribution < -0.4 is 0 Å². The van der Waals surface area contributed by atoms with Crippen molar-refractivity contribution in [2.75, 3.05) is 13.6 Å². The Labute approximate surface area is 88.5 Å². The largest absolute Gasteiger partial charge is 0.302 e. The van der Waals surface area contributed by atoms with Crippen molar-refractivity contribution in [2.24, 2.45) is 0 Å². The van der Waals surface area contributed by atoms with E-state index in [1.54, 1.807) is 0 Å². The normalized spacial score (nSPS) is 17.7. The van der Waals surface area contributed by atoms with E-state index in [2.05, 4.69) is 22.0 Å². The van der Waals surface area contributed by atoms with Crippen LogP contribution in [0.5, 0.6) is 0 Å². The number of hydrogen-bond acceptors (Lipinski definition) is 3. The second kappa shape index (κ2) is 3.31. The summed E-state index contributed by atoms with van der Waals surface area (Å²) in [5.74, 6) is 0. The molecule has 0 amide bonds. The highest BCUT2D eigenvalue weighted by Gasteiger charge is 2.18. The molecule has 0 aliphatic carbocycles. The number of hydrogen-bond donors (Lipinski definition) is 0. The average Bonchev–Trinajstić information content (AvgIpc) is 2.47. The van der Waals surface area contributed by atoms with Crippen LogP contribution in [0.25, 0.3) is 5.65 Å². The first-order valence-corrected chi connectivity index (χ1v) is 5.34. The van der Waals surface area contributed by atoms with Crippen LogP contribution in [0.3, 0.4) is 0 Å². The molecule has 3 heterocycles. The summed E-state index contributed by atoms with van der Waals surface area (Å²) >= 11 is 0. The molecular formula is C11H14N4. The van der Waals surface area contributed by atoms with Crippen LogP contribution >= 0.6 is 0 Å². The van der Waals surface area contributed by atoms with Gasteiger partial charge >= 0.3 is 0 Å². The third-order valence-corrected chi connectivity index (χ3v) is 2.96. The van der Waals surface area contributed by atoms with Crippen molar-refractivity contribution in [1.29, 1.82) is 0 Å². The van der Waals surface area contributed by atoms with Crippen LogP contribution in [-0.2, 0) is 13.0 Å². The molecule has 15 heavy (non-hydrogen) atoms. The molecule has 78 valence electrons. The standard InChI is InChI=1S/C11H14N4/c1-14-6-2-4-10-9(8-14)11-12-5-3-7-15(11)13-10/h3,5,7H,2,4,6,8H2,1H3. The zero-order valence-corrected chi connectivity index (χ0v) is 8.85. The molecule has 0 spiro atoms. The van der Waals surface area contributed by atoms with Gasteiger partial charge in [0.1, 0.15) is 0 Å². The second-order valence-corrected chi connectivity index (χ2v) is 4.15. The van der Waals surface area contributed by atoms with Gasteiger partial charge in [-0.2, -0.15) is 5.10 Å². The van der Waals surface area contributed by atoms with Gasteiger partial charge in [-0.3, -0.25) is 0 Å². The molecule has 0 saturated heterocycles. The fourth-order valence-electron chi connectivity index (χ4n) is 2.21. The lowest BCUT2D eigenvalue weighted by Gasteiger charge is -2.11. The summed E-state index contributed by atoms with van der Waals surface area (Å²) in [6.45, 7) is 2.12. The lowest BCUT2D eigenvalue weighted by Crippen LogP contribution is -2.17. The fourth-order valence-corrected chi connectivity index (χ4v) is 2.21. The molecule has 0 atom stereocenters. The Bertz CT molecular complexity index is 488. The smallest absolute Gasteiger partial charge is 0.159 e. The maximum Gasteiger partial charge on any atom is 0.159 e. The number of rotatable bonds is 0. The molecule has 1 aliphatic rings. The van der Waals surface area contributed by atoms with Crippen molar-refractivity contribution in [2.45, 2.75) is 19.4 Å². The molecule has 0 fully saturated rings. The van der Waals surface area contributed by atoms with Crippen molar-refractivity contribution in [3.05, 3.63) is 29.7 Å². The predicted octanol–water partition coefficient (Wildman–Crippen LogP) is 1.11.